The van der Waals surface area contributed by atoms with Crippen molar-refractivity contribution in [2.24, 2.45) is 0 Å². The summed E-state index contributed by atoms with van der Waals surface area (Å²) in [5.41, 5.74) is 0.960. The number of imidazole rings is 1. The number of hydrogen-bond acceptors (Lipinski definition) is 4. The molecular formula is C15H18N4O3. The molecule has 0 bridgehead atoms. The first-order valence-electron chi connectivity index (χ1n) is 7.09. The molecule has 22 heavy (non-hydrogen) atoms. The van der Waals surface area contributed by atoms with Crippen LogP contribution in [0, 0.1) is 0 Å². The van der Waals surface area contributed by atoms with Gasteiger partial charge in [-0.1, -0.05) is 6.07 Å². The molecule has 2 heterocycles. The summed E-state index contributed by atoms with van der Waals surface area (Å²) in [5.74, 6) is 1.45. The van der Waals surface area contributed by atoms with Gasteiger partial charge in [0.25, 0.3) is 0 Å². The van der Waals surface area contributed by atoms with Crippen LogP contribution in [0.5, 0.6) is 11.5 Å². The minimum absolute atomic E-state index is 0.00551. The van der Waals surface area contributed by atoms with Gasteiger partial charge >= 0.3 is 6.03 Å². The van der Waals surface area contributed by atoms with E-state index in [1.807, 2.05) is 35.9 Å². The Bertz CT molecular complexity index is 642. The number of amides is 2. The summed E-state index contributed by atoms with van der Waals surface area (Å²) in [5, 5.41) is 5.72. The minimum Gasteiger partial charge on any atom is -0.454 e. The van der Waals surface area contributed by atoms with Crippen LogP contribution >= 0.6 is 0 Å². The van der Waals surface area contributed by atoms with Crippen LogP contribution in [0.15, 0.2) is 36.9 Å². The van der Waals surface area contributed by atoms with Crippen LogP contribution in [0.25, 0.3) is 0 Å². The summed E-state index contributed by atoms with van der Waals surface area (Å²) in [6.07, 6.45) is 5.30. The smallest absolute Gasteiger partial charge is 0.315 e. The lowest BCUT2D eigenvalue weighted by Gasteiger charge is -2.15. The molecule has 7 heteroatoms. The maximum absolute atomic E-state index is 11.9. The number of aromatic nitrogens is 2. The second-order valence-corrected chi connectivity index (χ2v) is 5.18. The topological polar surface area (TPSA) is 77.4 Å². The van der Waals surface area contributed by atoms with Crippen LogP contribution in [0.3, 0.4) is 0 Å². The summed E-state index contributed by atoms with van der Waals surface area (Å²) in [7, 11) is 0. The van der Waals surface area contributed by atoms with Crippen molar-refractivity contribution in [3.63, 3.8) is 0 Å². The minimum atomic E-state index is -0.203. The lowest BCUT2D eigenvalue weighted by molar-refractivity contribution is 0.174. The Balaban J connectivity index is 1.46. The Morgan fingerprint density at radius 1 is 1.41 bits per heavy atom. The average molecular weight is 302 g/mol. The van der Waals surface area contributed by atoms with E-state index in [9.17, 15) is 4.79 Å². The Kier molecular flexibility index (Phi) is 4.13. The normalized spacial score (nSPS) is 13.7. The van der Waals surface area contributed by atoms with Gasteiger partial charge in [-0.25, -0.2) is 9.78 Å². The van der Waals surface area contributed by atoms with Crippen molar-refractivity contribution in [3.05, 3.63) is 42.5 Å². The standard InChI is InChI=1S/C15H18N4O3/c1-11(8-19-5-4-16-9-19)18-15(20)17-7-12-2-3-13-14(6-12)22-10-21-13/h2-6,9,11H,7-8,10H2,1H3,(H2,17,18,20)/t11-/m1/s1. The molecule has 1 aliphatic heterocycles. The van der Waals surface area contributed by atoms with Crippen LogP contribution < -0.4 is 20.1 Å². The molecule has 1 aromatic heterocycles. The van der Waals surface area contributed by atoms with E-state index in [1.165, 1.54) is 0 Å². The van der Waals surface area contributed by atoms with Crippen LogP contribution in [0.2, 0.25) is 0 Å². The second kappa shape index (κ2) is 6.38. The Labute approximate surface area is 128 Å². The van der Waals surface area contributed by atoms with E-state index in [4.69, 9.17) is 9.47 Å². The molecule has 1 aliphatic rings. The molecule has 0 aliphatic carbocycles. The fourth-order valence-electron chi connectivity index (χ4n) is 2.26. The zero-order chi connectivity index (χ0) is 15.4. The molecular weight excluding hydrogens is 284 g/mol. The molecule has 7 nitrogen and oxygen atoms in total. The molecule has 0 spiro atoms. The lowest BCUT2D eigenvalue weighted by atomic mass is 10.2. The van der Waals surface area contributed by atoms with Gasteiger partial charge in [-0.15, -0.1) is 0 Å². The zero-order valence-corrected chi connectivity index (χ0v) is 12.3. The number of hydrogen-bond donors (Lipinski definition) is 2. The van der Waals surface area contributed by atoms with Gasteiger partial charge in [0, 0.05) is 31.5 Å². The molecule has 116 valence electrons. The average Bonchev–Trinajstić information content (AvgIpc) is 3.15. The molecule has 0 saturated carbocycles. The van der Waals surface area contributed by atoms with E-state index in [0.717, 1.165) is 11.3 Å². The van der Waals surface area contributed by atoms with Gasteiger partial charge in [-0.05, 0) is 24.6 Å². The third kappa shape index (κ3) is 3.49. The Morgan fingerprint density at radius 3 is 3.09 bits per heavy atom. The molecule has 1 atom stereocenters. The summed E-state index contributed by atoms with van der Waals surface area (Å²) < 4.78 is 12.5. The van der Waals surface area contributed by atoms with E-state index in [-0.39, 0.29) is 18.9 Å². The maximum Gasteiger partial charge on any atom is 0.315 e. The number of rotatable bonds is 5. The van der Waals surface area contributed by atoms with Gasteiger partial charge in [0.05, 0.1) is 6.33 Å². The van der Waals surface area contributed by atoms with Crippen molar-refractivity contribution in [1.82, 2.24) is 20.2 Å². The van der Waals surface area contributed by atoms with Gasteiger partial charge in [-0.3, -0.25) is 0 Å². The summed E-state index contributed by atoms with van der Waals surface area (Å²) >= 11 is 0. The highest BCUT2D eigenvalue weighted by molar-refractivity contribution is 5.74. The van der Waals surface area contributed by atoms with Gasteiger partial charge in [-0.2, -0.15) is 0 Å². The number of ether oxygens (including phenoxy) is 2. The Morgan fingerprint density at radius 2 is 2.27 bits per heavy atom. The number of urea groups is 1. The van der Waals surface area contributed by atoms with E-state index in [0.29, 0.717) is 18.8 Å². The van der Waals surface area contributed by atoms with Crippen LogP contribution in [-0.2, 0) is 13.1 Å². The van der Waals surface area contributed by atoms with E-state index < -0.39 is 0 Å². The van der Waals surface area contributed by atoms with E-state index >= 15 is 0 Å². The number of nitrogens with one attached hydrogen (secondary N) is 2. The van der Waals surface area contributed by atoms with Crippen molar-refractivity contribution in [2.75, 3.05) is 6.79 Å². The number of fused-ring (bicyclic) bond motifs is 1. The molecule has 3 rings (SSSR count). The van der Waals surface area contributed by atoms with Gasteiger partial charge in [0.1, 0.15) is 0 Å². The van der Waals surface area contributed by atoms with Gasteiger partial charge in [0.2, 0.25) is 6.79 Å². The lowest BCUT2D eigenvalue weighted by Crippen LogP contribution is -2.42. The number of benzene rings is 1. The molecule has 2 amide bonds. The molecule has 1 aromatic carbocycles. The highest BCUT2D eigenvalue weighted by Crippen LogP contribution is 2.32. The second-order valence-electron chi connectivity index (χ2n) is 5.18. The van der Waals surface area contributed by atoms with Crippen molar-refractivity contribution < 1.29 is 14.3 Å². The molecule has 0 unspecified atom stereocenters. The molecule has 0 saturated heterocycles. The first kappa shape index (κ1) is 14.2. The van der Waals surface area contributed by atoms with Crippen LogP contribution in [0.1, 0.15) is 12.5 Å². The van der Waals surface area contributed by atoms with Gasteiger partial charge < -0.3 is 24.7 Å². The van der Waals surface area contributed by atoms with E-state index in [2.05, 4.69) is 15.6 Å². The summed E-state index contributed by atoms with van der Waals surface area (Å²) in [6, 6.07) is 5.43. The number of nitrogens with zero attached hydrogens (tertiary/aromatic N) is 2. The quantitative estimate of drug-likeness (QED) is 0.877. The van der Waals surface area contributed by atoms with E-state index in [1.54, 1.807) is 12.5 Å². The summed E-state index contributed by atoms with van der Waals surface area (Å²) in [4.78, 5) is 15.9. The highest BCUT2D eigenvalue weighted by atomic mass is 16.7. The highest BCUT2D eigenvalue weighted by Gasteiger charge is 2.13. The Hall–Kier alpha value is -2.70. The first-order valence-corrected chi connectivity index (χ1v) is 7.09. The van der Waals surface area contributed by atoms with Crippen molar-refractivity contribution >= 4 is 6.03 Å². The zero-order valence-electron chi connectivity index (χ0n) is 12.3. The predicted octanol–water partition coefficient (Wildman–Crippen LogP) is 1.50. The van der Waals surface area contributed by atoms with Crippen LogP contribution in [0.4, 0.5) is 4.79 Å². The first-order chi connectivity index (χ1) is 10.7. The van der Waals surface area contributed by atoms with Crippen molar-refractivity contribution in [3.8, 4) is 11.5 Å². The molecule has 2 N–H and O–H groups in total. The molecule has 0 radical (unpaired) electrons. The molecule has 0 fully saturated rings. The fraction of sp³-hybridized carbons (Fsp3) is 0.333. The number of carbonyl (C=O) groups is 1. The van der Waals surface area contributed by atoms with Crippen LogP contribution in [-0.4, -0.2) is 28.4 Å². The fourth-order valence-corrected chi connectivity index (χ4v) is 2.26. The largest absolute Gasteiger partial charge is 0.454 e. The van der Waals surface area contributed by atoms with Crippen molar-refractivity contribution in [1.29, 1.82) is 0 Å². The summed E-state index contributed by atoms with van der Waals surface area (Å²) in [6.45, 7) is 3.30. The monoisotopic (exact) mass is 302 g/mol. The third-order valence-corrected chi connectivity index (χ3v) is 3.31. The predicted molar refractivity (Wildman–Crippen MR) is 79.6 cm³/mol. The van der Waals surface area contributed by atoms with Crippen molar-refractivity contribution in [2.45, 2.75) is 26.1 Å². The maximum atomic E-state index is 11.9. The number of carbonyl (C=O) groups excluding carboxylic acids is 1. The van der Waals surface area contributed by atoms with Gasteiger partial charge in [0.15, 0.2) is 11.5 Å². The third-order valence-electron chi connectivity index (χ3n) is 3.31. The SMILES string of the molecule is C[C@H](Cn1ccnc1)NC(=O)NCc1ccc2c(c1)OCO2. The molecule has 2 aromatic rings.